The normalized spacial score (nSPS) is 10.1. The number of carboxylic acids is 1. The molecular formula is C14H12N2O4. The molecule has 0 saturated carbocycles. The molecule has 20 heavy (non-hydrogen) atoms. The van der Waals surface area contributed by atoms with E-state index in [4.69, 9.17) is 0 Å². The van der Waals surface area contributed by atoms with Gasteiger partial charge in [-0.2, -0.15) is 0 Å². The third-order valence-corrected chi connectivity index (χ3v) is 2.94. The van der Waals surface area contributed by atoms with Gasteiger partial charge in [0.1, 0.15) is 5.69 Å². The molecule has 2 aromatic carbocycles. The number of hydrogen-bond acceptors (Lipinski definition) is 4. The van der Waals surface area contributed by atoms with Crippen molar-refractivity contribution < 1.29 is 14.8 Å². The monoisotopic (exact) mass is 272 g/mol. The molecule has 0 amide bonds. The molecular weight excluding hydrogens is 260 g/mol. The summed E-state index contributed by atoms with van der Waals surface area (Å²) >= 11 is 0. The Balaban J connectivity index is 2.55. The minimum atomic E-state index is -1.08. The fourth-order valence-electron chi connectivity index (χ4n) is 1.98. The molecule has 0 radical (unpaired) electrons. The van der Waals surface area contributed by atoms with Gasteiger partial charge >= 0.3 is 5.97 Å². The Bertz CT molecular complexity index is 612. The number of nitrogens with zero attached hydrogens (tertiary/aromatic N) is 2. The van der Waals surface area contributed by atoms with E-state index in [1.165, 1.54) is 17.0 Å². The van der Waals surface area contributed by atoms with Crippen molar-refractivity contribution >= 4 is 23.0 Å². The number of carbonyl (C=O) groups is 1. The highest BCUT2D eigenvalue weighted by Gasteiger charge is 2.20. The summed E-state index contributed by atoms with van der Waals surface area (Å²) in [6, 6.07) is 12.6. The first-order valence-corrected chi connectivity index (χ1v) is 5.82. The van der Waals surface area contributed by atoms with E-state index in [0.717, 1.165) is 0 Å². The van der Waals surface area contributed by atoms with Gasteiger partial charge < -0.3 is 10.0 Å². The van der Waals surface area contributed by atoms with Crippen molar-refractivity contribution in [1.29, 1.82) is 0 Å². The third-order valence-electron chi connectivity index (χ3n) is 2.94. The van der Waals surface area contributed by atoms with E-state index in [2.05, 4.69) is 0 Å². The molecule has 0 bridgehead atoms. The Morgan fingerprint density at radius 2 is 1.65 bits per heavy atom. The van der Waals surface area contributed by atoms with Crippen molar-refractivity contribution in [2.75, 3.05) is 11.9 Å². The van der Waals surface area contributed by atoms with Gasteiger partial charge in [0, 0.05) is 13.1 Å². The first-order valence-electron chi connectivity index (χ1n) is 5.82. The van der Waals surface area contributed by atoms with Gasteiger partial charge in [-0.25, -0.2) is 4.79 Å². The lowest BCUT2D eigenvalue weighted by Gasteiger charge is -2.21. The van der Waals surface area contributed by atoms with Crippen LogP contribution in [0.1, 0.15) is 10.4 Å². The number of nitro groups is 1. The average Bonchev–Trinajstić information content (AvgIpc) is 2.46. The smallest absolute Gasteiger partial charge is 0.337 e. The van der Waals surface area contributed by atoms with Crippen LogP contribution in [0.25, 0.3) is 0 Å². The molecule has 0 heterocycles. The molecule has 0 atom stereocenters. The van der Waals surface area contributed by atoms with E-state index in [1.807, 2.05) is 0 Å². The Labute approximate surface area is 115 Å². The largest absolute Gasteiger partial charge is 0.478 e. The number of carboxylic acid groups (broad SMARTS) is 1. The Morgan fingerprint density at radius 3 is 2.25 bits per heavy atom. The van der Waals surface area contributed by atoms with Crippen LogP contribution in [0.15, 0.2) is 48.5 Å². The van der Waals surface area contributed by atoms with Gasteiger partial charge in [0.15, 0.2) is 0 Å². The predicted molar refractivity (Wildman–Crippen MR) is 74.6 cm³/mol. The van der Waals surface area contributed by atoms with Gasteiger partial charge in [0.2, 0.25) is 0 Å². The summed E-state index contributed by atoms with van der Waals surface area (Å²) in [7, 11) is 1.60. The second-order valence-electron chi connectivity index (χ2n) is 4.13. The molecule has 0 aliphatic rings. The maximum Gasteiger partial charge on any atom is 0.337 e. The number of para-hydroxylation sites is 3. The van der Waals surface area contributed by atoms with E-state index >= 15 is 0 Å². The van der Waals surface area contributed by atoms with Crippen molar-refractivity contribution in [2.24, 2.45) is 0 Å². The second kappa shape index (κ2) is 5.40. The van der Waals surface area contributed by atoms with Gasteiger partial charge in [0.25, 0.3) is 5.69 Å². The number of rotatable bonds is 4. The van der Waals surface area contributed by atoms with Crippen LogP contribution < -0.4 is 4.90 Å². The van der Waals surface area contributed by atoms with Gasteiger partial charge in [0.05, 0.1) is 16.2 Å². The molecule has 0 fully saturated rings. The minimum Gasteiger partial charge on any atom is -0.478 e. The molecule has 0 aromatic heterocycles. The zero-order valence-corrected chi connectivity index (χ0v) is 10.7. The van der Waals surface area contributed by atoms with Crippen LogP contribution in [0, 0.1) is 10.1 Å². The topological polar surface area (TPSA) is 83.7 Å². The molecule has 102 valence electrons. The van der Waals surface area contributed by atoms with E-state index in [0.29, 0.717) is 11.4 Å². The van der Waals surface area contributed by atoms with Crippen molar-refractivity contribution in [1.82, 2.24) is 0 Å². The number of benzene rings is 2. The van der Waals surface area contributed by atoms with Gasteiger partial charge in [-0.15, -0.1) is 0 Å². The van der Waals surface area contributed by atoms with Crippen LogP contribution in [0.3, 0.4) is 0 Å². The van der Waals surface area contributed by atoms with E-state index in [1.54, 1.807) is 43.4 Å². The van der Waals surface area contributed by atoms with Crippen LogP contribution in [0.5, 0.6) is 0 Å². The Kier molecular flexibility index (Phi) is 3.65. The summed E-state index contributed by atoms with van der Waals surface area (Å²) in [5, 5.41) is 20.2. The van der Waals surface area contributed by atoms with Crippen LogP contribution >= 0.6 is 0 Å². The fraction of sp³-hybridized carbons (Fsp3) is 0.0714. The lowest BCUT2D eigenvalue weighted by molar-refractivity contribution is -0.384. The fourth-order valence-corrected chi connectivity index (χ4v) is 1.98. The highest BCUT2D eigenvalue weighted by molar-refractivity contribution is 5.96. The molecule has 0 unspecified atom stereocenters. The van der Waals surface area contributed by atoms with Gasteiger partial charge in [-0.05, 0) is 18.2 Å². The third kappa shape index (κ3) is 2.44. The Hall–Kier alpha value is -2.89. The summed E-state index contributed by atoms with van der Waals surface area (Å²) in [4.78, 5) is 23.3. The van der Waals surface area contributed by atoms with Crippen LogP contribution in [0.2, 0.25) is 0 Å². The minimum absolute atomic E-state index is 0.0739. The quantitative estimate of drug-likeness (QED) is 0.683. The SMILES string of the molecule is CN(c1ccccc1C(=O)O)c1ccccc1[N+](=O)[O-]. The van der Waals surface area contributed by atoms with E-state index in [9.17, 15) is 20.0 Å². The molecule has 0 aliphatic heterocycles. The summed E-state index contributed by atoms with van der Waals surface area (Å²) in [5.41, 5.74) is 0.754. The number of aromatic carboxylic acids is 1. The molecule has 2 rings (SSSR count). The van der Waals surface area contributed by atoms with Gasteiger partial charge in [-0.1, -0.05) is 24.3 Å². The molecule has 0 saturated heterocycles. The number of hydrogen-bond donors (Lipinski definition) is 1. The maximum absolute atomic E-state index is 11.2. The number of nitro benzene ring substituents is 1. The summed E-state index contributed by atoms with van der Waals surface area (Å²) in [6.45, 7) is 0. The van der Waals surface area contributed by atoms with Gasteiger partial charge in [-0.3, -0.25) is 10.1 Å². The van der Waals surface area contributed by atoms with Crippen LogP contribution in [0.4, 0.5) is 17.1 Å². The van der Waals surface area contributed by atoms with Crippen LogP contribution in [-0.4, -0.2) is 23.0 Å². The highest BCUT2D eigenvalue weighted by Crippen LogP contribution is 2.33. The predicted octanol–water partition coefficient (Wildman–Crippen LogP) is 3.06. The first kappa shape index (κ1) is 13.5. The summed E-state index contributed by atoms with van der Waals surface area (Å²) in [6.07, 6.45) is 0. The standard InChI is InChI=1S/C14H12N2O4/c1-15(11-7-3-2-6-10(11)14(17)18)12-8-4-5-9-13(12)16(19)20/h2-9H,1H3,(H,17,18). The first-order chi connectivity index (χ1) is 9.52. The molecule has 0 aliphatic carbocycles. The van der Waals surface area contributed by atoms with E-state index < -0.39 is 10.9 Å². The lowest BCUT2D eigenvalue weighted by Crippen LogP contribution is -2.15. The van der Waals surface area contributed by atoms with Crippen LogP contribution in [-0.2, 0) is 0 Å². The zero-order valence-electron chi connectivity index (χ0n) is 10.7. The maximum atomic E-state index is 11.2. The molecule has 0 spiro atoms. The average molecular weight is 272 g/mol. The lowest BCUT2D eigenvalue weighted by atomic mass is 10.1. The zero-order chi connectivity index (χ0) is 14.7. The molecule has 6 heteroatoms. The van der Waals surface area contributed by atoms with E-state index in [-0.39, 0.29) is 11.3 Å². The summed E-state index contributed by atoms with van der Waals surface area (Å²) in [5.74, 6) is -1.08. The number of anilines is 2. The summed E-state index contributed by atoms with van der Waals surface area (Å²) < 4.78 is 0. The second-order valence-corrected chi connectivity index (χ2v) is 4.13. The van der Waals surface area contributed by atoms with Crippen molar-refractivity contribution in [3.05, 3.63) is 64.2 Å². The Morgan fingerprint density at radius 1 is 1.10 bits per heavy atom. The molecule has 2 aromatic rings. The molecule has 6 nitrogen and oxygen atoms in total. The molecule has 1 N–H and O–H groups in total. The van der Waals surface area contributed by atoms with Crippen molar-refractivity contribution in [3.63, 3.8) is 0 Å². The van der Waals surface area contributed by atoms with Crippen molar-refractivity contribution in [2.45, 2.75) is 0 Å². The van der Waals surface area contributed by atoms with Crippen molar-refractivity contribution in [3.8, 4) is 0 Å². The highest BCUT2D eigenvalue weighted by atomic mass is 16.6.